The summed E-state index contributed by atoms with van der Waals surface area (Å²) >= 11 is 0. The van der Waals surface area contributed by atoms with Gasteiger partial charge in [-0.05, 0) is 38.2 Å². The average Bonchev–Trinajstić information content (AvgIpc) is 3.21. The van der Waals surface area contributed by atoms with Crippen LogP contribution in [0.25, 0.3) is 11.2 Å². The van der Waals surface area contributed by atoms with E-state index in [-0.39, 0.29) is 0 Å². The van der Waals surface area contributed by atoms with Crippen LogP contribution in [0.3, 0.4) is 0 Å². The normalized spacial score (nSPS) is 18.5. The molecule has 0 radical (unpaired) electrons. The molecule has 1 fully saturated rings. The molecule has 1 aliphatic carbocycles. The highest BCUT2D eigenvalue weighted by molar-refractivity contribution is 5.84. The van der Waals surface area contributed by atoms with Gasteiger partial charge in [0, 0.05) is 30.7 Å². The highest BCUT2D eigenvalue weighted by Crippen LogP contribution is 2.32. The third-order valence-electron chi connectivity index (χ3n) is 5.96. The molecule has 3 aromatic rings. The summed E-state index contributed by atoms with van der Waals surface area (Å²) in [5.74, 6) is 2.73. The summed E-state index contributed by atoms with van der Waals surface area (Å²) in [6, 6.07) is 6.48. The molecule has 0 unspecified atom stereocenters. The maximum Gasteiger partial charge on any atom is 0.227 e. The smallest absolute Gasteiger partial charge is 0.227 e. The van der Waals surface area contributed by atoms with Crippen molar-refractivity contribution in [1.82, 2.24) is 19.5 Å². The Bertz CT molecular complexity index is 1040. The first-order chi connectivity index (χ1) is 15.6. The number of nitrogens with zero attached hydrogens (tertiary/aromatic N) is 4. The van der Waals surface area contributed by atoms with E-state index in [2.05, 4.69) is 27.1 Å². The van der Waals surface area contributed by atoms with E-state index < -0.39 is 0 Å². The van der Waals surface area contributed by atoms with Gasteiger partial charge in [-0.25, -0.2) is 4.98 Å². The number of imidazole rings is 1. The van der Waals surface area contributed by atoms with Crippen LogP contribution < -0.4 is 25.8 Å². The molecular weight excluding hydrogens is 406 g/mol. The minimum Gasteiger partial charge on any atom is -0.493 e. The molecule has 2 heterocycles. The number of aryl methyl sites for hydroxylation is 1. The van der Waals surface area contributed by atoms with Gasteiger partial charge in [0.25, 0.3) is 0 Å². The Hall–Kier alpha value is -3.07. The van der Waals surface area contributed by atoms with Crippen LogP contribution in [0.2, 0.25) is 0 Å². The first-order valence-corrected chi connectivity index (χ1v) is 11.3. The predicted octanol–water partition coefficient (Wildman–Crippen LogP) is 3.55. The fraction of sp³-hybridized carbons (Fsp3) is 0.522. The summed E-state index contributed by atoms with van der Waals surface area (Å²) in [6.45, 7) is 3.52. The van der Waals surface area contributed by atoms with Gasteiger partial charge in [-0.1, -0.05) is 19.1 Å². The molecule has 2 aromatic heterocycles. The van der Waals surface area contributed by atoms with E-state index in [0.29, 0.717) is 41.9 Å². The molecule has 1 saturated carbocycles. The summed E-state index contributed by atoms with van der Waals surface area (Å²) in [5.41, 5.74) is 8.63. The molecule has 1 aromatic carbocycles. The highest BCUT2D eigenvalue weighted by atomic mass is 16.5. The summed E-state index contributed by atoms with van der Waals surface area (Å²) < 4.78 is 13.1. The third-order valence-corrected chi connectivity index (χ3v) is 5.96. The van der Waals surface area contributed by atoms with Gasteiger partial charge >= 0.3 is 0 Å². The van der Waals surface area contributed by atoms with E-state index in [1.807, 2.05) is 24.5 Å². The van der Waals surface area contributed by atoms with Gasteiger partial charge in [0.1, 0.15) is 0 Å². The zero-order valence-electron chi connectivity index (χ0n) is 19.1. The number of methoxy groups -OCH3 is 2. The fourth-order valence-electron chi connectivity index (χ4n) is 4.25. The van der Waals surface area contributed by atoms with Crippen molar-refractivity contribution in [2.75, 3.05) is 24.9 Å². The maximum absolute atomic E-state index is 6.07. The molecule has 9 nitrogen and oxygen atoms in total. The number of hydrogen-bond donors (Lipinski definition) is 3. The summed E-state index contributed by atoms with van der Waals surface area (Å²) in [4.78, 5) is 14.2. The molecule has 0 bridgehead atoms. The summed E-state index contributed by atoms with van der Waals surface area (Å²) in [5, 5.41) is 6.98. The van der Waals surface area contributed by atoms with Gasteiger partial charge in [0.2, 0.25) is 5.95 Å². The van der Waals surface area contributed by atoms with Crippen LogP contribution in [0.5, 0.6) is 11.5 Å². The van der Waals surface area contributed by atoms with E-state index in [0.717, 1.165) is 55.4 Å². The summed E-state index contributed by atoms with van der Waals surface area (Å²) in [6.07, 6.45) is 6.94. The average molecular weight is 440 g/mol. The topological polar surface area (TPSA) is 112 Å². The standard InChI is InChI=1S/C23H33N7O2/c1-4-12-30-14-26-19-21(25-13-15-6-5-7-18(31-2)20(15)32-3)28-23(29-22(19)30)27-17-10-8-16(24)9-11-17/h5-7,14,16-17H,4,8-13,24H2,1-3H3,(H2,25,27,28,29). The quantitative estimate of drug-likeness (QED) is 0.464. The zero-order chi connectivity index (χ0) is 22.5. The number of aromatic nitrogens is 4. The molecule has 172 valence electrons. The Morgan fingerprint density at radius 1 is 1.12 bits per heavy atom. The molecule has 1 aliphatic rings. The fourth-order valence-corrected chi connectivity index (χ4v) is 4.25. The molecule has 4 N–H and O–H groups in total. The number of hydrogen-bond acceptors (Lipinski definition) is 8. The Kier molecular flexibility index (Phi) is 6.94. The number of para-hydroxylation sites is 1. The van der Waals surface area contributed by atoms with Crippen molar-refractivity contribution in [3.8, 4) is 11.5 Å². The number of anilines is 2. The molecule has 0 saturated heterocycles. The van der Waals surface area contributed by atoms with E-state index >= 15 is 0 Å². The molecule has 0 spiro atoms. The highest BCUT2D eigenvalue weighted by Gasteiger charge is 2.21. The second kappa shape index (κ2) is 10.0. The molecule has 0 amide bonds. The first-order valence-electron chi connectivity index (χ1n) is 11.3. The monoisotopic (exact) mass is 439 g/mol. The molecule has 9 heteroatoms. The molecular formula is C23H33N7O2. The summed E-state index contributed by atoms with van der Waals surface area (Å²) in [7, 11) is 3.29. The molecule has 32 heavy (non-hydrogen) atoms. The van der Waals surface area contributed by atoms with E-state index in [1.165, 1.54) is 0 Å². The van der Waals surface area contributed by atoms with Crippen LogP contribution in [-0.4, -0.2) is 45.8 Å². The van der Waals surface area contributed by atoms with E-state index in [9.17, 15) is 0 Å². The number of fused-ring (bicyclic) bond motifs is 1. The molecule has 0 atom stereocenters. The van der Waals surface area contributed by atoms with Crippen molar-refractivity contribution in [2.24, 2.45) is 5.73 Å². The molecule has 4 rings (SSSR count). The number of rotatable bonds is 9. The second-order valence-electron chi connectivity index (χ2n) is 8.27. The minimum absolute atomic E-state index is 0.303. The van der Waals surface area contributed by atoms with Crippen molar-refractivity contribution >= 4 is 22.9 Å². The Morgan fingerprint density at radius 3 is 2.66 bits per heavy atom. The predicted molar refractivity (Wildman–Crippen MR) is 126 cm³/mol. The van der Waals surface area contributed by atoms with Crippen molar-refractivity contribution in [1.29, 1.82) is 0 Å². The lowest BCUT2D eigenvalue weighted by Gasteiger charge is -2.26. The van der Waals surface area contributed by atoms with Gasteiger partial charge in [-0.3, -0.25) is 0 Å². The van der Waals surface area contributed by atoms with Crippen LogP contribution in [0.15, 0.2) is 24.5 Å². The number of nitrogens with two attached hydrogens (primary N) is 1. The van der Waals surface area contributed by atoms with Gasteiger partial charge in [-0.2, -0.15) is 9.97 Å². The lowest BCUT2D eigenvalue weighted by Crippen LogP contribution is -2.33. The minimum atomic E-state index is 0.303. The zero-order valence-corrected chi connectivity index (χ0v) is 19.1. The maximum atomic E-state index is 6.07. The van der Waals surface area contributed by atoms with Crippen LogP contribution in [-0.2, 0) is 13.1 Å². The first kappa shape index (κ1) is 22.1. The van der Waals surface area contributed by atoms with Crippen molar-refractivity contribution in [3.05, 3.63) is 30.1 Å². The van der Waals surface area contributed by atoms with Crippen LogP contribution >= 0.6 is 0 Å². The lowest BCUT2D eigenvalue weighted by atomic mass is 9.92. The van der Waals surface area contributed by atoms with Crippen LogP contribution in [0.4, 0.5) is 11.8 Å². The van der Waals surface area contributed by atoms with Crippen molar-refractivity contribution < 1.29 is 9.47 Å². The van der Waals surface area contributed by atoms with Gasteiger partial charge in [0.05, 0.1) is 20.5 Å². The third kappa shape index (κ3) is 4.72. The van der Waals surface area contributed by atoms with Crippen LogP contribution in [0, 0.1) is 0 Å². The number of ether oxygens (including phenoxy) is 2. The van der Waals surface area contributed by atoms with Gasteiger partial charge in [0.15, 0.2) is 28.5 Å². The largest absolute Gasteiger partial charge is 0.493 e. The van der Waals surface area contributed by atoms with Crippen LogP contribution in [0.1, 0.15) is 44.6 Å². The lowest BCUT2D eigenvalue weighted by molar-refractivity contribution is 0.352. The van der Waals surface area contributed by atoms with Gasteiger partial charge < -0.3 is 30.4 Å². The van der Waals surface area contributed by atoms with E-state index in [4.69, 9.17) is 25.2 Å². The second-order valence-corrected chi connectivity index (χ2v) is 8.27. The Labute approximate surface area is 188 Å². The SMILES string of the molecule is CCCn1cnc2c(NCc3cccc(OC)c3OC)nc(NC3CCC(N)CC3)nc21. The molecule has 0 aliphatic heterocycles. The van der Waals surface area contributed by atoms with Crippen molar-refractivity contribution in [3.63, 3.8) is 0 Å². The van der Waals surface area contributed by atoms with Gasteiger partial charge in [-0.15, -0.1) is 0 Å². The Morgan fingerprint density at radius 2 is 1.94 bits per heavy atom. The number of nitrogens with one attached hydrogen (secondary N) is 2. The van der Waals surface area contributed by atoms with Crippen molar-refractivity contribution in [2.45, 2.75) is 64.2 Å². The van der Waals surface area contributed by atoms with E-state index in [1.54, 1.807) is 14.2 Å². The number of benzene rings is 1. The Balaban J connectivity index is 1.62.